The molecule has 0 fully saturated rings. The summed E-state index contributed by atoms with van der Waals surface area (Å²) in [6, 6.07) is 0. The molecule has 21 heteroatoms. The molecule has 0 aromatic carbocycles. The third-order valence-electron chi connectivity index (χ3n) is 4.85. The van der Waals surface area contributed by atoms with Gasteiger partial charge in [0.2, 0.25) is 0 Å². The van der Waals surface area contributed by atoms with Crippen LogP contribution in [0, 0.1) is 0 Å². The van der Waals surface area contributed by atoms with Gasteiger partial charge in [-0.15, -0.1) is 0 Å². The van der Waals surface area contributed by atoms with Crippen molar-refractivity contribution in [2.45, 2.75) is 83.1 Å². The summed E-state index contributed by atoms with van der Waals surface area (Å²) in [5.74, 6) is 0. The molecular formula is C24H60O16Si4Ti. The minimum atomic E-state index is -5.82. The van der Waals surface area contributed by atoms with Crippen LogP contribution in [0.25, 0.3) is 0 Å². The van der Waals surface area contributed by atoms with Gasteiger partial charge in [-0.1, -0.05) is 0 Å². The SMILES string of the molecule is CCO[Si](OCC)(OCC)[O][Ti]([O][Si](OCC)(OCC)OCC)([O][Si](OCC)(OCC)OCC)[O][Si](OCC)(OCC)OCC. The van der Waals surface area contributed by atoms with E-state index in [4.69, 9.17) is 65.1 Å². The summed E-state index contributed by atoms with van der Waals surface area (Å²) in [6.45, 7) is 23.2. The normalized spacial score (nSPS) is 13.6. The minimum absolute atomic E-state index is 0.158. The van der Waals surface area contributed by atoms with E-state index in [1.165, 1.54) is 0 Å². The third kappa shape index (κ3) is 15.6. The van der Waals surface area contributed by atoms with Gasteiger partial charge in [0.25, 0.3) is 0 Å². The van der Waals surface area contributed by atoms with Gasteiger partial charge in [-0.2, -0.15) is 0 Å². The molecule has 0 amide bonds. The second-order valence-corrected chi connectivity index (χ2v) is 21.8. The van der Waals surface area contributed by atoms with Crippen molar-refractivity contribution in [2.24, 2.45) is 0 Å². The molecule has 0 unspecified atom stereocenters. The van der Waals surface area contributed by atoms with E-state index in [2.05, 4.69) is 0 Å². The zero-order valence-electron chi connectivity index (χ0n) is 29.5. The molecule has 0 aromatic heterocycles. The van der Waals surface area contributed by atoms with E-state index in [0.29, 0.717) is 0 Å². The summed E-state index contributed by atoms with van der Waals surface area (Å²) < 4.78 is 101. The average Bonchev–Trinajstić information content (AvgIpc) is 2.94. The van der Waals surface area contributed by atoms with Crippen molar-refractivity contribution in [3.05, 3.63) is 0 Å². The van der Waals surface area contributed by atoms with Crippen LogP contribution in [-0.4, -0.2) is 115 Å². The summed E-state index contributed by atoms with van der Waals surface area (Å²) in [5.41, 5.74) is 0. The first-order valence-electron chi connectivity index (χ1n) is 16.0. The van der Waals surface area contributed by atoms with E-state index in [9.17, 15) is 0 Å². The topological polar surface area (TPSA) is 148 Å². The van der Waals surface area contributed by atoms with Gasteiger partial charge in [-0.25, -0.2) is 0 Å². The van der Waals surface area contributed by atoms with Crippen LogP contribution in [0.2, 0.25) is 0 Å². The van der Waals surface area contributed by atoms with Gasteiger partial charge in [-0.3, -0.25) is 0 Å². The average molecular weight is 765 g/mol. The summed E-state index contributed by atoms with van der Waals surface area (Å²) in [7, 11) is -16.6. The molecule has 45 heavy (non-hydrogen) atoms. The van der Waals surface area contributed by atoms with Gasteiger partial charge >= 0.3 is 282 Å². The Morgan fingerprint density at radius 1 is 0.244 bits per heavy atom. The molecule has 0 radical (unpaired) electrons. The van der Waals surface area contributed by atoms with Crippen molar-refractivity contribution >= 4 is 36.2 Å². The summed E-state index contributed by atoms with van der Waals surface area (Å²) in [6.07, 6.45) is 0. The molecule has 272 valence electrons. The molecule has 0 spiro atoms. The summed E-state index contributed by atoms with van der Waals surface area (Å²) in [4.78, 5) is 0. The van der Waals surface area contributed by atoms with Crippen LogP contribution < -0.4 is 0 Å². The van der Waals surface area contributed by atoms with E-state index in [-0.39, 0.29) is 79.3 Å². The fourth-order valence-electron chi connectivity index (χ4n) is 3.71. The Bertz CT molecular complexity index is 549. The Balaban J connectivity index is 8.09. The van der Waals surface area contributed by atoms with Crippen LogP contribution in [0.15, 0.2) is 0 Å². The van der Waals surface area contributed by atoms with Crippen molar-refractivity contribution in [3.8, 4) is 0 Å². The van der Waals surface area contributed by atoms with Crippen LogP contribution in [0.5, 0.6) is 0 Å². The molecule has 0 heterocycles. The van der Waals surface area contributed by atoms with Crippen LogP contribution >= 0.6 is 0 Å². The Hall–Kier alpha value is 0.942. The van der Waals surface area contributed by atoms with Crippen LogP contribution in [0.3, 0.4) is 0 Å². The Morgan fingerprint density at radius 2 is 0.356 bits per heavy atom. The van der Waals surface area contributed by atoms with Crippen LogP contribution in [0.4, 0.5) is 0 Å². The van der Waals surface area contributed by atoms with E-state index < -0.39 is 54.3 Å². The first kappa shape index (κ1) is 45.9. The predicted molar refractivity (Wildman–Crippen MR) is 167 cm³/mol. The van der Waals surface area contributed by atoms with Crippen LogP contribution in [0.1, 0.15) is 83.1 Å². The molecule has 0 saturated heterocycles. The van der Waals surface area contributed by atoms with E-state index >= 15 is 0 Å². The quantitative estimate of drug-likeness (QED) is 0.0907. The fourth-order valence-corrected chi connectivity index (χ4v) is 24.5. The molecule has 0 aromatic rings. The maximum atomic E-state index is 6.81. The first-order valence-corrected chi connectivity index (χ1v) is 25.1. The Kier molecular flexibility index (Phi) is 25.5. The summed E-state index contributed by atoms with van der Waals surface area (Å²) in [5, 5.41) is 0. The predicted octanol–water partition coefficient (Wildman–Crippen LogP) is 4.05. The van der Waals surface area contributed by atoms with Gasteiger partial charge in [0.1, 0.15) is 0 Å². The third-order valence-corrected chi connectivity index (χ3v) is 23.9. The van der Waals surface area contributed by atoms with Crippen molar-refractivity contribution in [1.82, 2.24) is 0 Å². The molecule has 0 aliphatic heterocycles. The molecule has 0 bridgehead atoms. The van der Waals surface area contributed by atoms with Gasteiger partial charge < -0.3 is 0 Å². The molecule has 0 rings (SSSR count). The van der Waals surface area contributed by atoms with E-state index in [1.54, 1.807) is 83.1 Å². The number of rotatable bonds is 32. The second-order valence-electron chi connectivity index (χ2n) is 8.10. The van der Waals surface area contributed by atoms with Crippen molar-refractivity contribution in [3.63, 3.8) is 0 Å². The first-order chi connectivity index (χ1) is 21.6. The van der Waals surface area contributed by atoms with Crippen molar-refractivity contribution in [1.29, 1.82) is 0 Å². The van der Waals surface area contributed by atoms with Gasteiger partial charge in [0.05, 0.1) is 0 Å². The summed E-state index contributed by atoms with van der Waals surface area (Å²) >= 11 is -5.82. The number of hydrogen-bond donors (Lipinski definition) is 0. The number of hydrogen-bond acceptors (Lipinski definition) is 16. The Morgan fingerprint density at radius 3 is 0.444 bits per heavy atom. The van der Waals surface area contributed by atoms with E-state index in [0.717, 1.165) is 0 Å². The molecular weight excluding hydrogens is 704 g/mol. The fraction of sp³-hybridized carbons (Fsp3) is 1.00. The zero-order valence-corrected chi connectivity index (χ0v) is 35.1. The molecule has 0 aliphatic carbocycles. The van der Waals surface area contributed by atoms with Crippen molar-refractivity contribution < 1.29 is 83.3 Å². The van der Waals surface area contributed by atoms with Crippen molar-refractivity contribution in [2.75, 3.05) is 79.3 Å². The standard InChI is InChI=1S/4C6H15O4Si.Ti/c4*1-4-8-11(7,9-5-2)10-6-3;/h4*4-6H2,1-3H3;/q4*-1;+4. The van der Waals surface area contributed by atoms with E-state index in [1.807, 2.05) is 0 Å². The zero-order chi connectivity index (χ0) is 34.3. The monoisotopic (exact) mass is 764 g/mol. The van der Waals surface area contributed by atoms with Gasteiger partial charge in [0.15, 0.2) is 0 Å². The van der Waals surface area contributed by atoms with Gasteiger partial charge in [0, 0.05) is 0 Å². The molecule has 0 aliphatic rings. The molecule has 0 N–H and O–H groups in total. The molecule has 0 atom stereocenters. The molecule has 0 saturated carbocycles. The van der Waals surface area contributed by atoms with Crippen LogP contribution in [-0.2, 0) is 83.3 Å². The second kappa shape index (κ2) is 25.0. The Labute approximate surface area is 280 Å². The molecule has 16 nitrogen and oxygen atoms in total. The maximum absolute atomic E-state index is 6.81. The van der Waals surface area contributed by atoms with Gasteiger partial charge in [-0.05, 0) is 0 Å².